The number of hydrogen-bond acceptors (Lipinski definition) is 9. The summed E-state index contributed by atoms with van der Waals surface area (Å²) in [7, 11) is -3.55. The largest absolute Gasteiger partial charge is 0.479 e. The number of sulfonamides is 1. The molecule has 11 nitrogen and oxygen atoms in total. The van der Waals surface area contributed by atoms with Crippen molar-refractivity contribution >= 4 is 21.9 Å². The number of nitrogens with one attached hydrogen (secondary N) is 1. The fourth-order valence-corrected chi connectivity index (χ4v) is 2.96. The van der Waals surface area contributed by atoms with Gasteiger partial charge in [-0.05, 0) is 12.1 Å². The highest BCUT2D eigenvalue weighted by atomic mass is 32.2. The maximum atomic E-state index is 11.1. The summed E-state index contributed by atoms with van der Waals surface area (Å²) < 4.78 is 24.2. The van der Waals surface area contributed by atoms with E-state index in [0.717, 1.165) is 0 Å². The molecule has 4 atom stereocenters. The Morgan fingerprint density at radius 1 is 1.08 bits per heavy atom. The molecule has 0 radical (unpaired) electrons. The van der Waals surface area contributed by atoms with E-state index in [2.05, 4.69) is 0 Å². The van der Waals surface area contributed by atoms with E-state index >= 15 is 0 Å². The van der Waals surface area contributed by atoms with Gasteiger partial charge in [0.15, 0.2) is 6.10 Å². The summed E-state index contributed by atoms with van der Waals surface area (Å²) >= 11 is 0. The minimum atomic E-state index is -3.55. The smallest absolute Gasteiger partial charge is 0.335 e. The molecule has 0 saturated carbocycles. The van der Waals surface area contributed by atoms with Gasteiger partial charge in [0.1, 0.15) is 23.2 Å². The number of carboxylic acids is 1. The summed E-state index contributed by atoms with van der Waals surface area (Å²) in [6, 6.07) is 6.09. The molecule has 2 rings (SSSR count). The van der Waals surface area contributed by atoms with E-state index in [-0.39, 0.29) is 10.5 Å². The van der Waals surface area contributed by atoms with Crippen molar-refractivity contribution in [2.24, 2.45) is 0 Å². The molecule has 1 aliphatic heterocycles. The predicted octanol–water partition coefficient (Wildman–Crippen LogP) is -3.37. The van der Waals surface area contributed by atoms with Crippen LogP contribution in [0.4, 0.5) is 0 Å². The van der Waals surface area contributed by atoms with Crippen LogP contribution < -0.4 is 4.72 Å². The third-order valence-electron chi connectivity index (χ3n) is 3.16. The Hall–Kier alpha value is -2.09. The Kier molecular flexibility index (Phi) is 6.98. The molecule has 1 aromatic carbocycles. The predicted molar refractivity (Wildman–Crippen MR) is 79.8 cm³/mol. The van der Waals surface area contributed by atoms with Gasteiger partial charge in [0, 0.05) is 0 Å². The van der Waals surface area contributed by atoms with E-state index in [0.29, 0.717) is 0 Å². The van der Waals surface area contributed by atoms with Crippen molar-refractivity contribution in [3.05, 3.63) is 29.8 Å². The van der Waals surface area contributed by atoms with E-state index < -0.39 is 52.9 Å². The quantitative estimate of drug-likeness (QED) is 0.270. The molecule has 0 fully saturated rings. The van der Waals surface area contributed by atoms with Crippen molar-refractivity contribution in [1.82, 2.24) is 4.72 Å². The van der Waals surface area contributed by atoms with Gasteiger partial charge in [0.05, 0.1) is 12.2 Å². The highest BCUT2D eigenvalue weighted by Gasteiger charge is 2.34. The second-order valence-electron chi connectivity index (χ2n) is 4.94. The van der Waals surface area contributed by atoms with Gasteiger partial charge in [-0.15, -0.1) is 0 Å². The molecule has 1 heterocycles. The average Bonchev–Trinajstić information content (AvgIpc) is 2.82. The lowest BCUT2D eigenvalue weighted by atomic mass is 10.0. The van der Waals surface area contributed by atoms with Crippen LogP contribution in [0.1, 0.15) is 10.4 Å². The molecule has 0 saturated heterocycles. The Morgan fingerprint density at radius 2 is 1.64 bits per heavy atom. The van der Waals surface area contributed by atoms with Crippen LogP contribution in [0.5, 0.6) is 0 Å². The standard InChI is InChI=1S/C7H5NO3S.C6H12O7/c9-7-5-3-1-2-4-6(5)12(10,11)8-7;7-1-2(8)3(9)4(10)5(11)6(12)13/h1-4H,(H,8,9);2-5,7-11H,1H2,(H,12,13). The lowest BCUT2D eigenvalue weighted by molar-refractivity contribution is -0.164. The number of rotatable bonds is 5. The minimum Gasteiger partial charge on any atom is -0.479 e. The number of aliphatic hydroxyl groups is 5. The highest BCUT2D eigenvalue weighted by Crippen LogP contribution is 2.20. The molecular formula is C13H17NO10S. The molecule has 1 aliphatic rings. The maximum Gasteiger partial charge on any atom is 0.335 e. The number of fused-ring (bicyclic) bond motifs is 1. The molecule has 1 aromatic rings. The third-order valence-corrected chi connectivity index (χ3v) is 4.55. The lowest BCUT2D eigenvalue weighted by Crippen LogP contribution is -2.48. The summed E-state index contributed by atoms with van der Waals surface area (Å²) in [5.41, 5.74) is 0.220. The summed E-state index contributed by atoms with van der Waals surface area (Å²) in [6.07, 6.45) is -7.84. The van der Waals surface area contributed by atoms with Crippen molar-refractivity contribution in [1.29, 1.82) is 0 Å². The third kappa shape index (κ3) is 4.94. The first-order valence-electron chi connectivity index (χ1n) is 6.75. The molecule has 140 valence electrons. The maximum absolute atomic E-state index is 11.1. The fourth-order valence-electron chi connectivity index (χ4n) is 1.79. The zero-order valence-corrected chi connectivity index (χ0v) is 13.4. The van der Waals surface area contributed by atoms with Crippen LogP contribution in [0.2, 0.25) is 0 Å². The second-order valence-corrected chi connectivity index (χ2v) is 6.60. The van der Waals surface area contributed by atoms with Crippen LogP contribution in [0.3, 0.4) is 0 Å². The molecule has 0 aromatic heterocycles. The van der Waals surface area contributed by atoms with Crippen molar-refractivity contribution in [3.8, 4) is 0 Å². The van der Waals surface area contributed by atoms with Gasteiger partial charge in [-0.25, -0.2) is 17.9 Å². The van der Waals surface area contributed by atoms with Crippen molar-refractivity contribution in [3.63, 3.8) is 0 Å². The Bertz CT molecular complexity index is 734. The first-order valence-corrected chi connectivity index (χ1v) is 8.23. The molecule has 7 N–H and O–H groups in total. The first-order chi connectivity index (χ1) is 11.5. The molecule has 0 spiro atoms. The molecule has 4 unspecified atom stereocenters. The number of aliphatic hydroxyl groups excluding tert-OH is 5. The van der Waals surface area contributed by atoms with Gasteiger partial charge in [0.2, 0.25) is 0 Å². The first kappa shape index (κ1) is 21.0. The number of aliphatic carboxylic acids is 1. The number of hydrogen-bond donors (Lipinski definition) is 7. The van der Waals surface area contributed by atoms with Crippen LogP contribution in [0, 0.1) is 0 Å². The van der Waals surface area contributed by atoms with Gasteiger partial charge >= 0.3 is 5.97 Å². The molecule has 25 heavy (non-hydrogen) atoms. The fraction of sp³-hybridized carbons (Fsp3) is 0.385. The normalized spacial score (nSPS) is 19.5. The highest BCUT2D eigenvalue weighted by molar-refractivity contribution is 7.90. The number of carboxylic acid groups (broad SMARTS) is 1. The Labute approximate surface area is 141 Å². The van der Waals surface area contributed by atoms with Crippen LogP contribution in [-0.4, -0.2) is 82.0 Å². The van der Waals surface area contributed by atoms with Gasteiger partial charge in [-0.3, -0.25) is 4.79 Å². The molecule has 1 amide bonds. The van der Waals surface area contributed by atoms with Crippen molar-refractivity contribution in [2.45, 2.75) is 29.3 Å². The van der Waals surface area contributed by atoms with Crippen LogP contribution >= 0.6 is 0 Å². The molecule has 0 aliphatic carbocycles. The average molecular weight is 379 g/mol. The lowest BCUT2D eigenvalue weighted by Gasteiger charge is -2.23. The van der Waals surface area contributed by atoms with E-state index in [1.165, 1.54) is 12.1 Å². The van der Waals surface area contributed by atoms with Crippen LogP contribution in [-0.2, 0) is 14.8 Å². The summed E-state index contributed by atoms with van der Waals surface area (Å²) in [6.45, 7) is -0.843. The number of amides is 1. The van der Waals surface area contributed by atoms with E-state index in [1.807, 2.05) is 4.72 Å². The SMILES string of the molecule is O=C(O)C(O)C(O)C(O)C(O)CO.O=C1NS(=O)(=O)c2ccccc21. The Morgan fingerprint density at radius 3 is 2.12 bits per heavy atom. The summed E-state index contributed by atoms with van der Waals surface area (Å²) in [4.78, 5) is 21.1. The topological polar surface area (TPSA) is 202 Å². The van der Waals surface area contributed by atoms with E-state index in [1.54, 1.807) is 12.1 Å². The number of carbonyl (C=O) groups excluding carboxylic acids is 1. The summed E-state index contributed by atoms with van der Waals surface area (Å²) in [5.74, 6) is -2.28. The van der Waals surface area contributed by atoms with Crippen LogP contribution in [0.15, 0.2) is 29.2 Å². The van der Waals surface area contributed by atoms with Gasteiger partial charge in [0.25, 0.3) is 15.9 Å². The van der Waals surface area contributed by atoms with Gasteiger partial charge < -0.3 is 30.6 Å². The zero-order valence-electron chi connectivity index (χ0n) is 12.6. The van der Waals surface area contributed by atoms with Gasteiger partial charge in [-0.1, -0.05) is 12.1 Å². The molecule has 0 bridgehead atoms. The Balaban J connectivity index is 0.000000250. The summed E-state index contributed by atoms with van der Waals surface area (Å²) in [5, 5.41) is 51.8. The molecule has 12 heteroatoms. The minimum absolute atomic E-state index is 0.0648. The second kappa shape index (κ2) is 8.33. The monoisotopic (exact) mass is 379 g/mol. The van der Waals surface area contributed by atoms with Gasteiger partial charge in [-0.2, -0.15) is 0 Å². The van der Waals surface area contributed by atoms with E-state index in [4.69, 9.17) is 30.6 Å². The van der Waals surface area contributed by atoms with Crippen LogP contribution in [0.25, 0.3) is 0 Å². The van der Waals surface area contributed by atoms with Crippen molar-refractivity contribution < 1.29 is 48.6 Å². The van der Waals surface area contributed by atoms with E-state index in [9.17, 15) is 18.0 Å². The molecular weight excluding hydrogens is 362 g/mol. The zero-order chi connectivity index (χ0) is 19.4. The number of carbonyl (C=O) groups is 2. The van der Waals surface area contributed by atoms with Crippen molar-refractivity contribution in [2.75, 3.05) is 6.61 Å². The number of benzene rings is 1.